The number of ketones is 1. The summed E-state index contributed by atoms with van der Waals surface area (Å²) in [4.78, 5) is 12.5. The minimum absolute atomic E-state index is 0.187. The molecule has 0 fully saturated rings. The third-order valence-electron chi connectivity index (χ3n) is 3.59. The van der Waals surface area contributed by atoms with Crippen LogP contribution in [0, 0.1) is 5.92 Å². The third-order valence-corrected chi connectivity index (χ3v) is 3.59. The molecule has 1 rings (SSSR count). The first-order valence-corrected chi connectivity index (χ1v) is 6.83. The zero-order valence-corrected chi connectivity index (χ0v) is 11.5. The molecule has 0 spiro atoms. The molecule has 0 bridgehead atoms. The molecule has 0 saturated carbocycles. The summed E-state index contributed by atoms with van der Waals surface area (Å²) in [6, 6.07) is 6.36. The second kappa shape index (κ2) is 6.58. The van der Waals surface area contributed by atoms with Gasteiger partial charge >= 0.3 is 0 Å². The highest BCUT2D eigenvalue weighted by Gasteiger charge is 2.18. The normalized spacial score (nSPS) is 10.9. The van der Waals surface area contributed by atoms with E-state index < -0.39 is 0 Å². The lowest BCUT2D eigenvalue weighted by Crippen LogP contribution is -2.15. The summed E-state index contributed by atoms with van der Waals surface area (Å²) in [5.74, 6) is 0.523. The number of carbonyl (C=O) groups is 1. The van der Waals surface area contributed by atoms with Gasteiger partial charge in [0.1, 0.15) is 0 Å². The van der Waals surface area contributed by atoms with Gasteiger partial charge in [-0.2, -0.15) is 0 Å². The molecule has 1 nitrogen and oxygen atoms in total. The van der Waals surface area contributed by atoms with Crippen LogP contribution in [0.15, 0.2) is 18.2 Å². The van der Waals surface area contributed by atoms with Gasteiger partial charge in [0, 0.05) is 11.5 Å². The van der Waals surface area contributed by atoms with Gasteiger partial charge in [-0.05, 0) is 42.9 Å². The summed E-state index contributed by atoms with van der Waals surface area (Å²) < 4.78 is 0. The maximum Gasteiger partial charge on any atom is 0.166 e. The molecule has 0 aliphatic carbocycles. The average molecular weight is 232 g/mol. The quantitative estimate of drug-likeness (QED) is 0.663. The van der Waals surface area contributed by atoms with Crippen molar-refractivity contribution in [3.63, 3.8) is 0 Å². The van der Waals surface area contributed by atoms with Crippen LogP contribution in [-0.2, 0) is 12.8 Å². The number of hydrogen-bond acceptors (Lipinski definition) is 1. The number of hydrogen-bond donors (Lipinski definition) is 0. The molecule has 0 unspecified atom stereocenters. The molecular weight excluding hydrogens is 208 g/mol. The lowest BCUT2D eigenvalue weighted by atomic mass is 9.88. The van der Waals surface area contributed by atoms with E-state index in [0.717, 1.165) is 31.2 Å². The number of rotatable bonds is 6. The Hall–Kier alpha value is -1.11. The zero-order valence-electron chi connectivity index (χ0n) is 11.5. The summed E-state index contributed by atoms with van der Waals surface area (Å²) in [6.45, 7) is 8.44. The van der Waals surface area contributed by atoms with Crippen LogP contribution in [-0.4, -0.2) is 5.78 Å². The molecule has 0 N–H and O–H groups in total. The number of Topliss-reactive ketones (excluding diaryl/α,β-unsaturated/α-hetero) is 1. The summed E-state index contributed by atoms with van der Waals surface area (Å²) in [6.07, 6.45) is 3.81. The molecule has 0 radical (unpaired) electrons. The lowest BCUT2D eigenvalue weighted by molar-refractivity contribution is 0.0912. The van der Waals surface area contributed by atoms with Crippen molar-refractivity contribution in [3.05, 3.63) is 34.9 Å². The van der Waals surface area contributed by atoms with Gasteiger partial charge in [0.05, 0.1) is 0 Å². The van der Waals surface area contributed by atoms with Crippen LogP contribution < -0.4 is 0 Å². The Bertz CT molecular complexity index is 375. The summed E-state index contributed by atoms with van der Waals surface area (Å²) in [5.41, 5.74) is 3.41. The van der Waals surface area contributed by atoms with Crippen LogP contribution in [0.25, 0.3) is 0 Å². The van der Waals surface area contributed by atoms with Crippen LogP contribution >= 0.6 is 0 Å². The van der Waals surface area contributed by atoms with Crippen LogP contribution in [0.5, 0.6) is 0 Å². The van der Waals surface area contributed by atoms with Crippen molar-refractivity contribution in [2.24, 2.45) is 5.92 Å². The van der Waals surface area contributed by atoms with Crippen molar-refractivity contribution in [1.82, 2.24) is 0 Å². The van der Waals surface area contributed by atoms with Crippen molar-refractivity contribution in [1.29, 1.82) is 0 Å². The highest BCUT2D eigenvalue weighted by molar-refractivity contribution is 5.99. The Labute approximate surface area is 105 Å². The van der Waals surface area contributed by atoms with Crippen molar-refractivity contribution >= 4 is 5.78 Å². The molecule has 1 heteroatoms. The standard InChI is InChI=1S/C16H24O/c1-5-12-9-10-14(8-4)15(11-12)16(17)13(6-2)7-3/h9-11,13H,5-8H2,1-4H3. The minimum Gasteiger partial charge on any atom is -0.294 e. The molecule has 1 aromatic carbocycles. The highest BCUT2D eigenvalue weighted by atomic mass is 16.1. The maximum absolute atomic E-state index is 12.5. The zero-order chi connectivity index (χ0) is 12.8. The number of carbonyl (C=O) groups excluding carboxylic acids is 1. The molecule has 0 aliphatic heterocycles. The van der Waals surface area contributed by atoms with Crippen LogP contribution in [0.2, 0.25) is 0 Å². The van der Waals surface area contributed by atoms with Crippen molar-refractivity contribution < 1.29 is 4.79 Å². The molecular formula is C16H24O. The molecule has 0 aromatic heterocycles. The molecule has 0 aliphatic rings. The molecule has 1 aromatic rings. The fraction of sp³-hybridized carbons (Fsp3) is 0.562. The van der Waals surface area contributed by atoms with E-state index in [9.17, 15) is 4.79 Å². The van der Waals surface area contributed by atoms with Crippen LogP contribution in [0.1, 0.15) is 62.0 Å². The van der Waals surface area contributed by atoms with E-state index in [0.29, 0.717) is 5.78 Å². The average Bonchev–Trinajstić information content (AvgIpc) is 2.39. The SMILES string of the molecule is CCc1ccc(CC)c(C(=O)C(CC)CC)c1. The van der Waals surface area contributed by atoms with Gasteiger partial charge in [0.2, 0.25) is 0 Å². The van der Waals surface area contributed by atoms with Gasteiger partial charge in [-0.1, -0.05) is 39.8 Å². The van der Waals surface area contributed by atoms with Gasteiger partial charge in [-0.15, -0.1) is 0 Å². The second-order valence-corrected chi connectivity index (χ2v) is 4.58. The van der Waals surface area contributed by atoms with Crippen LogP contribution in [0.3, 0.4) is 0 Å². The van der Waals surface area contributed by atoms with E-state index in [1.54, 1.807) is 0 Å². The van der Waals surface area contributed by atoms with E-state index >= 15 is 0 Å². The molecule has 0 amide bonds. The Balaban J connectivity index is 3.13. The molecule has 0 atom stereocenters. The van der Waals surface area contributed by atoms with Gasteiger partial charge < -0.3 is 0 Å². The van der Waals surface area contributed by atoms with Crippen molar-refractivity contribution in [2.45, 2.75) is 53.4 Å². The minimum atomic E-state index is 0.187. The Kier molecular flexibility index (Phi) is 5.40. The predicted octanol–water partition coefficient (Wildman–Crippen LogP) is 4.43. The highest BCUT2D eigenvalue weighted by Crippen LogP contribution is 2.21. The Morgan fingerprint density at radius 2 is 1.71 bits per heavy atom. The van der Waals surface area contributed by atoms with Gasteiger partial charge in [-0.25, -0.2) is 0 Å². The molecule has 0 heterocycles. The summed E-state index contributed by atoms with van der Waals surface area (Å²) in [7, 11) is 0. The number of benzene rings is 1. The van der Waals surface area contributed by atoms with E-state index in [1.165, 1.54) is 11.1 Å². The largest absolute Gasteiger partial charge is 0.294 e. The Morgan fingerprint density at radius 1 is 1.06 bits per heavy atom. The predicted molar refractivity (Wildman–Crippen MR) is 73.6 cm³/mol. The fourth-order valence-electron chi connectivity index (χ4n) is 2.26. The fourth-order valence-corrected chi connectivity index (χ4v) is 2.26. The smallest absolute Gasteiger partial charge is 0.166 e. The molecule has 94 valence electrons. The third kappa shape index (κ3) is 3.18. The first kappa shape index (κ1) is 14.0. The lowest BCUT2D eigenvalue weighted by Gasteiger charge is -2.15. The van der Waals surface area contributed by atoms with Crippen LogP contribution in [0.4, 0.5) is 0 Å². The van der Waals surface area contributed by atoms with Gasteiger partial charge in [0.15, 0.2) is 5.78 Å². The van der Waals surface area contributed by atoms with Gasteiger partial charge in [0.25, 0.3) is 0 Å². The first-order chi connectivity index (χ1) is 8.17. The Morgan fingerprint density at radius 3 is 2.18 bits per heavy atom. The van der Waals surface area contributed by atoms with Crippen molar-refractivity contribution in [2.75, 3.05) is 0 Å². The van der Waals surface area contributed by atoms with E-state index in [-0.39, 0.29) is 5.92 Å². The van der Waals surface area contributed by atoms with E-state index in [2.05, 4.69) is 45.9 Å². The first-order valence-electron chi connectivity index (χ1n) is 6.83. The van der Waals surface area contributed by atoms with E-state index in [4.69, 9.17) is 0 Å². The summed E-state index contributed by atoms with van der Waals surface area (Å²) in [5, 5.41) is 0. The van der Waals surface area contributed by atoms with Gasteiger partial charge in [-0.3, -0.25) is 4.79 Å². The maximum atomic E-state index is 12.5. The second-order valence-electron chi connectivity index (χ2n) is 4.58. The van der Waals surface area contributed by atoms with Crippen molar-refractivity contribution in [3.8, 4) is 0 Å². The van der Waals surface area contributed by atoms with E-state index in [1.807, 2.05) is 0 Å². The number of aryl methyl sites for hydroxylation is 2. The monoisotopic (exact) mass is 232 g/mol. The topological polar surface area (TPSA) is 17.1 Å². The summed E-state index contributed by atoms with van der Waals surface area (Å²) >= 11 is 0. The molecule has 0 saturated heterocycles. The molecule has 17 heavy (non-hydrogen) atoms.